The monoisotopic (exact) mass is 374 g/mol. The lowest BCUT2D eigenvalue weighted by atomic mass is 10.1. The fourth-order valence-corrected chi connectivity index (χ4v) is 2.98. The van der Waals surface area contributed by atoms with Gasteiger partial charge in [-0.2, -0.15) is 5.26 Å². The summed E-state index contributed by atoms with van der Waals surface area (Å²) < 4.78 is 7.32. The molecule has 0 radical (unpaired) electrons. The molecule has 28 heavy (non-hydrogen) atoms. The van der Waals surface area contributed by atoms with Crippen LogP contribution in [0.3, 0.4) is 0 Å². The van der Waals surface area contributed by atoms with Crippen molar-refractivity contribution in [2.24, 2.45) is 4.99 Å². The van der Waals surface area contributed by atoms with Gasteiger partial charge >= 0.3 is 0 Å². The Hall–Kier alpha value is -3.70. The third kappa shape index (κ3) is 3.43. The highest BCUT2D eigenvalue weighted by atomic mass is 16.6. The van der Waals surface area contributed by atoms with Crippen LogP contribution in [0.25, 0.3) is 5.69 Å². The minimum atomic E-state index is -0.228. The molecule has 1 atom stereocenters. The lowest BCUT2D eigenvalue weighted by Crippen LogP contribution is -2.33. The zero-order valence-electron chi connectivity index (χ0n) is 15.5. The van der Waals surface area contributed by atoms with Crippen molar-refractivity contribution in [3.05, 3.63) is 71.4 Å². The summed E-state index contributed by atoms with van der Waals surface area (Å²) in [5.41, 5.74) is 6.61. The summed E-state index contributed by atoms with van der Waals surface area (Å²) in [4.78, 5) is 19.0. The number of hydrogen-bond acceptors (Lipinski definition) is 7. The number of nitrogens with zero attached hydrogens (tertiary/aromatic N) is 5. The fourth-order valence-electron chi connectivity index (χ4n) is 2.98. The Labute approximate surface area is 162 Å². The molecule has 2 aromatic heterocycles. The highest BCUT2D eigenvalue weighted by molar-refractivity contribution is 5.97. The van der Waals surface area contributed by atoms with Crippen LogP contribution in [0.1, 0.15) is 28.6 Å². The van der Waals surface area contributed by atoms with Crippen molar-refractivity contribution < 1.29 is 9.57 Å². The summed E-state index contributed by atoms with van der Waals surface area (Å²) in [5.74, 6) is 0.957. The number of aliphatic imine (C=N–C) groups is 1. The van der Waals surface area contributed by atoms with Crippen molar-refractivity contribution in [3.8, 4) is 17.6 Å². The van der Waals surface area contributed by atoms with Crippen LogP contribution in [0.2, 0.25) is 0 Å². The van der Waals surface area contributed by atoms with Crippen LogP contribution in [0.4, 0.5) is 0 Å². The molecule has 4 rings (SSSR count). The lowest BCUT2D eigenvalue weighted by molar-refractivity contribution is 0.0620. The summed E-state index contributed by atoms with van der Waals surface area (Å²) in [5, 5.41) is 9.11. The van der Waals surface area contributed by atoms with Crippen molar-refractivity contribution in [3.63, 3.8) is 0 Å². The van der Waals surface area contributed by atoms with Crippen molar-refractivity contribution in [1.82, 2.24) is 20.0 Å². The number of methoxy groups -OCH3 is 1. The number of rotatable bonds is 4. The number of amidine groups is 1. The van der Waals surface area contributed by atoms with Crippen molar-refractivity contribution in [2.45, 2.75) is 13.0 Å². The van der Waals surface area contributed by atoms with E-state index >= 15 is 0 Å². The molecule has 0 saturated carbocycles. The molecule has 0 saturated heterocycles. The lowest BCUT2D eigenvalue weighted by Gasteiger charge is -2.22. The maximum absolute atomic E-state index is 9.11. The maximum Gasteiger partial charge on any atom is 0.238 e. The zero-order chi connectivity index (χ0) is 19.5. The molecule has 3 aromatic rings. The molecule has 0 bridgehead atoms. The molecule has 0 aliphatic carbocycles. The second-order valence-corrected chi connectivity index (χ2v) is 6.29. The molecule has 1 N–H and O–H groups in total. The van der Waals surface area contributed by atoms with Gasteiger partial charge in [0.15, 0.2) is 5.84 Å². The maximum atomic E-state index is 9.11. The third-order valence-corrected chi connectivity index (χ3v) is 4.36. The molecular formula is C20H18N6O2. The number of benzene rings is 1. The van der Waals surface area contributed by atoms with E-state index in [1.807, 2.05) is 48.0 Å². The molecule has 1 unspecified atom stereocenters. The Kier molecular flexibility index (Phi) is 4.74. The van der Waals surface area contributed by atoms with E-state index in [0.29, 0.717) is 29.6 Å². The van der Waals surface area contributed by atoms with E-state index in [9.17, 15) is 0 Å². The Balaban J connectivity index is 1.68. The first-order valence-corrected chi connectivity index (χ1v) is 8.70. The summed E-state index contributed by atoms with van der Waals surface area (Å²) in [6.07, 6.45) is 3.61. The summed E-state index contributed by atoms with van der Waals surface area (Å²) in [6.45, 7) is 2.28. The smallest absolute Gasteiger partial charge is 0.238 e. The first-order valence-electron chi connectivity index (χ1n) is 8.70. The van der Waals surface area contributed by atoms with Crippen LogP contribution < -0.4 is 10.2 Å². The van der Waals surface area contributed by atoms with E-state index in [4.69, 9.17) is 19.8 Å². The fraction of sp³-hybridized carbons (Fsp3) is 0.200. The zero-order valence-corrected chi connectivity index (χ0v) is 15.5. The van der Waals surface area contributed by atoms with Crippen LogP contribution in [-0.4, -0.2) is 34.1 Å². The van der Waals surface area contributed by atoms with Gasteiger partial charge < -0.3 is 9.30 Å². The summed E-state index contributed by atoms with van der Waals surface area (Å²) in [6, 6.07) is 13.0. The number of aromatic nitrogens is 3. The number of hydrogen-bond donors (Lipinski definition) is 1. The Bertz CT molecular complexity index is 1080. The molecule has 1 aliphatic heterocycles. The molecule has 0 fully saturated rings. The Morgan fingerprint density at radius 1 is 1.32 bits per heavy atom. The normalized spacial score (nSPS) is 16.0. The Morgan fingerprint density at radius 2 is 2.21 bits per heavy atom. The molecule has 0 spiro atoms. The van der Waals surface area contributed by atoms with Crippen molar-refractivity contribution >= 4 is 5.84 Å². The minimum absolute atomic E-state index is 0.228. The van der Waals surface area contributed by atoms with E-state index in [1.54, 1.807) is 19.5 Å². The number of ether oxygens (including phenoxy) is 1. The molecule has 140 valence electrons. The predicted octanol–water partition coefficient (Wildman–Crippen LogP) is 2.48. The van der Waals surface area contributed by atoms with E-state index < -0.39 is 0 Å². The number of hydroxylamine groups is 1. The average Bonchev–Trinajstić information content (AvgIpc) is 3.19. The molecular weight excluding hydrogens is 356 g/mol. The quantitative estimate of drug-likeness (QED) is 0.753. The van der Waals surface area contributed by atoms with Crippen molar-refractivity contribution in [2.75, 3.05) is 13.7 Å². The molecule has 1 aliphatic rings. The number of pyridine rings is 1. The van der Waals surface area contributed by atoms with Gasteiger partial charge in [-0.1, -0.05) is 12.1 Å². The van der Waals surface area contributed by atoms with Crippen LogP contribution in [0.15, 0.2) is 53.9 Å². The summed E-state index contributed by atoms with van der Waals surface area (Å²) >= 11 is 0. The van der Waals surface area contributed by atoms with Crippen LogP contribution in [0, 0.1) is 18.3 Å². The first kappa shape index (κ1) is 17.7. The van der Waals surface area contributed by atoms with Crippen molar-refractivity contribution in [1.29, 1.82) is 5.26 Å². The number of aryl methyl sites for hydroxylation is 1. The van der Waals surface area contributed by atoms with Gasteiger partial charge in [-0.3, -0.25) is 9.83 Å². The van der Waals surface area contributed by atoms with Gasteiger partial charge in [0.05, 0.1) is 30.8 Å². The van der Waals surface area contributed by atoms with Crippen LogP contribution >= 0.6 is 0 Å². The first-order chi connectivity index (χ1) is 13.7. The van der Waals surface area contributed by atoms with Gasteiger partial charge in [0.2, 0.25) is 5.88 Å². The molecule has 1 aromatic carbocycles. The minimum Gasteiger partial charge on any atom is -0.479 e. The molecule has 0 amide bonds. The summed E-state index contributed by atoms with van der Waals surface area (Å²) in [7, 11) is 1.57. The average molecular weight is 374 g/mol. The molecule has 8 heteroatoms. The number of imidazole rings is 1. The largest absolute Gasteiger partial charge is 0.479 e. The topological polar surface area (TPSA) is 97.4 Å². The van der Waals surface area contributed by atoms with E-state index in [1.165, 1.54) is 0 Å². The standard InChI is InChI=1S/C20H18N6O2/c1-13-10-26(12-22-13)18-7-6-16(24-20(18)27-2)19-23-17(11-28-25-19)15-5-3-4-14(8-15)9-21/h3-8,10,12,17H,11H2,1-2H3,(H,23,25). The van der Waals surface area contributed by atoms with Crippen LogP contribution in [0.5, 0.6) is 5.88 Å². The number of nitriles is 1. The van der Waals surface area contributed by atoms with E-state index in [2.05, 4.69) is 21.5 Å². The predicted molar refractivity (Wildman–Crippen MR) is 102 cm³/mol. The highest BCUT2D eigenvalue weighted by Gasteiger charge is 2.21. The van der Waals surface area contributed by atoms with E-state index in [-0.39, 0.29) is 6.04 Å². The van der Waals surface area contributed by atoms with Gasteiger partial charge in [-0.05, 0) is 36.8 Å². The van der Waals surface area contributed by atoms with Gasteiger partial charge in [-0.15, -0.1) is 0 Å². The SMILES string of the molecule is COc1nc(C2=NC(c3cccc(C#N)c3)CON2)ccc1-n1cnc(C)c1. The molecule has 3 heterocycles. The van der Waals surface area contributed by atoms with Gasteiger partial charge in [-0.25, -0.2) is 15.4 Å². The second kappa shape index (κ2) is 7.50. The second-order valence-electron chi connectivity index (χ2n) is 6.29. The highest BCUT2D eigenvalue weighted by Crippen LogP contribution is 2.24. The molecule has 8 nitrogen and oxygen atoms in total. The van der Waals surface area contributed by atoms with Crippen LogP contribution in [-0.2, 0) is 4.84 Å². The number of nitrogens with one attached hydrogen (secondary N) is 1. The van der Waals surface area contributed by atoms with E-state index in [0.717, 1.165) is 16.9 Å². The van der Waals surface area contributed by atoms with Gasteiger partial charge in [0.1, 0.15) is 24.0 Å². The van der Waals surface area contributed by atoms with Gasteiger partial charge in [0, 0.05) is 6.20 Å². The third-order valence-electron chi connectivity index (χ3n) is 4.36. The Morgan fingerprint density at radius 3 is 2.96 bits per heavy atom. The van der Waals surface area contributed by atoms with Gasteiger partial charge in [0.25, 0.3) is 0 Å².